The first-order valence-corrected chi connectivity index (χ1v) is 5.24. The highest BCUT2D eigenvalue weighted by Crippen LogP contribution is 2.36. The van der Waals surface area contributed by atoms with Crippen LogP contribution in [0.2, 0.25) is 0 Å². The normalized spacial score (nSPS) is 21.5. The molecule has 0 bridgehead atoms. The Labute approximate surface area is 77.7 Å². The van der Waals surface area contributed by atoms with Gasteiger partial charge in [-0.25, -0.2) is 0 Å². The highest BCUT2D eigenvalue weighted by Gasteiger charge is 2.32. The molecule has 0 heterocycles. The third kappa shape index (κ3) is 2.48. The van der Waals surface area contributed by atoms with Crippen LogP contribution in [0.5, 0.6) is 0 Å². The first-order chi connectivity index (χ1) is 5.49. The lowest BCUT2D eigenvalue weighted by atomic mass is 9.69. The first kappa shape index (κ1) is 12.0. The van der Waals surface area contributed by atoms with Crippen molar-refractivity contribution >= 4 is 0 Å². The Morgan fingerprint density at radius 2 is 1.75 bits per heavy atom. The van der Waals surface area contributed by atoms with Crippen molar-refractivity contribution in [3.8, 4) is 0 Å². The van der Waals surface area contributed by atoms with Gasteiger partial charge in [-0.15, -0.1) is 0 Å². The first-order valence-electron chi connectivity index (χ1n) is 5.24. The Bertz CT molecular complexity index is 120. The third-order valence-electron chi connectivity index (χ3n) is 3.57. The Morgan fingerprint density at radius 1 is 1.25 bits per heavy atom. The average molecular weight is 171 g/mol. The van der Waals surface area contributed by atoms with Crippen molar-refractivity contribution in [1.82, 2.24) is 0 Å². The number of rotatable bonds is 5. The lowest BCUT2D eigenvalue weighted by molar-refractivity contribution is 0.142. The van der Waals surface area contributed by atoms with Gasteiger partial charge in [-0.05, 0) is 24.7 Å². The Kier molecular flexibility index (Phi) is 4.84. The van der Waals surface area contributed by atoms with Crippen LogP contribution in [-0.4, -0.2) is 6.04 Å². The molecular weight excluding hydrogens is 146 g/mol. The second-order valence-electron chi connectivity index (χ2n) is 4.35. The molecular formula is C11H25N. The molecule has 0 aromatic carbocycles. The molecule has 1 heteroatoms. The quantitative estimate of drug-likeness (QED) is 0.675. The SMILES string of the molecule is CCCC(C)(C(C)N)[C@@H](C)CC. The van der Waals surface area contributed by atoms with Crippen molar-refractivity contribution in [2.24, 2.45) is 17.1 Å². The zero-order valence-electron chi connectivity index (χ0n) is 9.35. The van der Waals surface area contributed by atoms with Gasteiger partial charge in [0, 0.05) is 6.04 Å². The second kappa shape index (κ2) is 4.86. The third-order valence-corrected chi connectivity index (χ3v) is 3.57. The molecule has 0 rings (SSSR count). The summed E-state index contributed by atoms with van der Waals surface area (Å²) in [5.41, 5.74) is 6.37. The van der Waals surface area contributed by atoms with Crippen LogP contribution in [0, 0.1) is 11.3 Å². The molecule has 0 spiro atoms. The highest BCUT2D eigenvalue weighted by molar-refractivity contribution is 4.86. The minimum Gasteiger partial charge on any atom is -0.327 e. The van der Waals surface area contributed by atoms with E-state index in [2.05, 4.69) is 34.6 Å². The maximum absolute atomic E-state index is 6.03. The molecule has 12 heavy (non-hydrogen) atoms. The van der Waals surface area contributed by atoms with E-state index in [9.17, 15) is 0 Å². The minimum atomic E-state index is 0.312. The maximum Gasteiger partial charge on any atom is 0.00669 e. The molecule has 3 atom stereocenters. The molecule has 2 N–H and O–H groups in total. The molecule has 0 fully saturated rings. The topological polar surface area (TPSA) is 26.0 Å². The largest absolute Gasteiger partial charge is 0.327 e. The molecule has 0 aliphatic carbocycles. The van der Waals surface area contributed by atoms with Gasteiger partial charge in [-0.1, -0.05) is 40.5 Å². The van der Waals surface area contributed by atoms with Gasteiger partial charge in [-0.2, -0.15) is 0 Å². The van der Waals surface area contributed by atoms with Gasteiger partial charge < -0.3 is 5.73 Å². The summed E-state index contributed by atoms with van der Waals surface area (Å²) in [4.78, 5) is 0. The van der Waals surface area contributed by atoms with Gasteiger partial charge in [0.2, 0.25) is 0 Å². The van der Waals surface area contributed by atoms with Gasteiger partial charge in [0.05, 0.1) is 0 Å². The monoisotopic (exact) mass is 171 g/mol. The van der Waals surface area contributed by atoms with Crippen molar-refractivity contribution in [1.29, 1.82) is 0 Å². The molecule has 0 radical (unpaired) electrons. The van der Waals surface area contributed by atoms with Crippen molar-refractivity contribution in [3.05, 3.63) is 0 Å². The van der Waals surface area contributed by atoms with Crippen LogP contribution >= 0.6 is 0 Å². The van der Waals surface area contributed by atoms with Crippen LogP contribution in [0.15, 0.2) is 0 Å². The summed E-state index contributed by atoms with van der Waals surface area (Å²) in [7, 11) is 0. The van der Waals surface area contributed by atoms with Gasteiger partial charge >= 0.3 is 0 Å². The summed E-state index contributed by atoms with van der Waals surface area (Å²) in [6, 6.07) is 0.312. The summed E-state index contributed by atoms with van der Waals surface area (Å²) in [5, 5.41) is 0. The predicted octanol–water partition coefficient (Wildman–Crippen LogP) is 3.19. The molecule has 74 valence electrons. The van der Waals surface area contributed by atoms with E-state index in [4.69, 9.17) is 5.73 Å². The van der Waals surface area contributed by atoms with E-state index in [0.717, 1.165) is 5.92 Å². The average Bonchev–Trinajstić information content (AvgIpc) is 2.03. The fourth-order valence-electron chi connectivity index (χ4n) is 1.93. The van der Waals surface area contributed by atoms with Crippen LogP contribution in [0.4, 0.5) is 0 Å². The standard InChI is InChI=1S/C11H25N/c1-6-8-11(5,10(4)12)9(3)7-2/h9-10H,6-8,12H2,1-5H3/t9-,10?,11?/m0/s1. The van der Waals surface area contributed by atoms with E-state index in [1.54, 1.807) is 0 Å². The fraction of sp³-hybridized carbons (Fsp3) is 1.00. The summed E-state index contributed by atoms with van der Waals surface area (Å²) in [6.07, 6.45) is 3.72. The summed E-state index contributed by atoms with van der Waals surface area (Å²) >= 11 is 0. The second-order valence-corrected chi connectivity index (χ2v) is 4.35. The van der Waals surface area contributed by atoms with Gasteiger partial charge in [-0.3, -0.25) is 0 Å². The Morgan fingerprint density at radius 3 is 2.00 bits per heavy atom. The molecule has 2 unspecified atom stereocenters. The molecule has 0 amide bonds. The minimum absolute atomic E-state index is 0.312. The van der Waals surface area contributed by atoms with Crippen LogP contribution < -0.4 is 5.73 Å². The van der Waals surface area contributed by atoms with E-state index >= 15 is 0 Å². The number of nitrogens with two attached hydrogens (primary N) is 1. The lowest BCUT2D eigenvalue weighted by Gasteiger charge is -2.39. The molecule has 1 nitrogen and oxygen atoms in total. The van der Waals surface area contributed by atoms with Crippen LogP contribution in [0.3, 0.4) is 0 Å². The van der Waals surface area contributed by atoms with Crippen LogP contribution in [-0.2, 0) is 0 Å². The zero-order chi connectivity index (χ0) is 9.78. The highest BCUT2D eigenvalue weighted by atomic mass is 14.7. The fourth-order valence-corrected chi connectivity index (χ4v) is 1.93. The van der Waals surface area contributed by atoms with E-state index < -0.39 is 0 Å². The van der Waals surface area contributed by atoms with Crippen molar-refractivity contribution < 1.29 is 0 Å². The van der Waals surface area contributed by atoms with Crippen LogP contribution in [0.1, 0.15) is 53.9 Å². The number of hydrogen-bond acceptors (Lipinski definition) is 1. The van der Waals surface area contributed by atoms with Gasteiger partial charge in [0.25, 0.3) is 0 Å². The molecule has 0 saturated carbocycles. The van der Waals surface area contributed by atoms with Crippen molar-refractivity contribution in [2.45, 2.75) is 59.9 Å². The van der Waals surface area contributed by atoms with E-state index in [1.165, 1.54) is 19.3 Å². The smallest absolute Gasteiger partial charge is 0.00669 e. The summed E-state index contributed by atoms with van der Waals surface area (Å²) < 4.78 is 0. The van der Waals surface area contributed by atoms with Crippen molar-refractivity contribution in [2.75, 3.05) is 0 Å². The van der Waals surface area contributed by atoms with E-state index in [-0.39, 0.29) is 0 Å². The van der Waals surface area contributed by atoms with Crippen LogP contribution in [0.25, 0.3) is 0 Å². The lowest BCUT2D eigenvalue weighted by Crippen LogP contribution is -2.41. The van der Waals surface area contributed by atoms with E-state index in [0.29, 0.717) is 11.5 Å². The maximum atomic E-state index is 6.03. The molecule has 0 aliphatic heterocycles. The number of hydrogen-bond donors (Lipinski definition) is 1. The molecule has 0 aliphatic rings. The molecule has 0 aromatic rings. The predicted molar refractivity (Wildman–Crippen MR) is 56.1 cm³/mol. The van der Waals surface area contributed by atoms with Crippen molar-refractivity contribution in [3.63, 3.8) is 0 Å². The molecule has 0 saturated heterocycles. The Hall–Kier alpha value is -0.0400. The summed E-state index contributed by atoms with van der Waals surface area (Å²) in [6.45, 7) is 11.3. The summed E-state index contributed by atoms with van der Waals surface area (Å²) in [5.74, 6) is 0.734. The van der Waals surface area contributed by atoms with Gasteiger partial charge in [0.15, 0.2) is 0 Å². The zero-order valence-corrected chi connectivity index (χ0v) is 9.35. The Balaban J connectivity index is 4.37. The molecule has 0 aromatic heterocycles. The van der Waals surface area contributed by atoms with E-state index in [1.807, 2.05) is 0 Å². The van der Waals surface area contributed by atoms with Gasteiger partial charge in [0.1, 0.15) is 0 Å².